The lowest BCUT2D eigenvalue weighted by Gasteiger charge is -2.19. The van der Waals surface area contributed by atoms with E-state index in [0.717, 1.165) is 16.3 Å². The van der Waals surface area contributed by atoms with Crippen molar-refractivity contribution in [1.82, 2.24) is 10.6 Å². The van der Waals surface area contributed by atoms with Gasteiger partial charge in [-0.15, -0.1) is 0 Å². The highest BCUT2D eigenvalue weighted by atomic mass is 16.2. The summed E-state index contributed by atoms with van der Waals surface area (Å²) >= 11 is 0. The highest BCUT2D eigenvalue weighted by Gasteiger charge is 2.23. The van der Waals surface area contributed by atoms with Crippen molar-refractivity contribution >= 4 is 34.2 Å². The molecule has 0 aliphatic rings. The minimum atomic E-state index is -1.23. The summed E-state index contributed by atoms with van der Waals surface area (Å²) < 4.78 is 0. The second kappa shape index (κ2) is 12.2. The fourth-order valence-corrected chi connectivity index (χ4v) is 3.50. The van der Waals surface area contributed by atoms with E-state index in [-0.39, 0.29) is 18.5 Å². The molecule has 33 heavy (non-hydrogen) atoms. The molecule has 0 aliphatic carbocycles. The average Bonchev–Trinajstić information content (AvgIpc) is 2.81. The summed E-state index contributed by atoms with van der Waals surface area (Å²) in [7, 11) is 0. The predicted molar refractivity (Wildman–Crippen MR) is 129 cm³/mol. The number of benzene rings is 2. The van der Waals surface area contributed by atoms with Crippen molar-refractivity contribution in [1.29, 1.82) is 0 Å². The summed E-state index contributed by atoms with van der Waals surface area (Å²) in [4.78, 5) is 48.5. The van der Waals surface area contributed by atoms with Crippen molar-refractivity contribution < 1.29 is 19.2 Å². The Kier molecular flexibility index (Phi) is 9.31. The van der Waals surface area contributed by atoms with Crippen molar-refractivity contribution in [2.75, 3.05) is 6.54 Å². The summed E-state index contributed by atoms with van der Waals surface area (Å²) in [5.41, 5.74) is 1.93. The fraction of sp³-hybridized carbons (Fsp3) is 0.259. The van der Waals surface area contributed by atoms with Crippen LogP contribution in [0.15, 0.2) is 65.8 Å². The molecule has 2 aromatic carbocycles. The van der Waals surface area contributed by atoms with Gasteiger partial charge in [0.15, 0.2) is 0 Å². The number of carbonyl (C=O) groups is 4. The molecule has 0 saturated heterocycles. The molecule has 2 amide bonds. The number of carbonyl (C=O) groups excluding carboxylic acids is 4. The first kappa shape index (κ1) is 25.3. The molecule has 2 rings (SSSR count). The topological polar surface area (TPSA) is 92.3 Å². The number of fused-ring (bicyclic) bond motifs is 1. The van der Waals surface area contributed by atoms with E-state index >= 15 is 0 Å². The van der Waals surface area contributed by atoms with E-state index in [1.54, 1.807) is 19.1 Å². The molecule has 0 aliphatic heterocycles. The van der Waals surface area contributed by atoms with E-state index in [2.05, 4.69) is 22.5 Å². The van der Waals surface area contributed by atoms with E-state index in [4.69, 9.17) is 0 Å². The van der Waals surface area contributed by atoms with Gasteiger partial charge in [-0.2, -0.15) is 0 Å². The Balaban J connectivity index is 2.16. The van der Waals surface area contributed by atoms with Crippen LogP contribution in [0.4, 0.5) is 0 Å². The molecular weight excluding hydrogens is 416 g/mol. The highest BCUT2D eigenvalue weighted by molar-refractivity contribution is 6.66. The fourth-order valence-electron chi connectivity index (χ4n) is 3.50. The second-order valence-electron chi connectivity index (χ2n) is 7.32. The molecule has 6 nitrogen and oxygen atoms in total. The number of Topliss-reactive ketones (excluding diaryl/α,β-unsaturated/α-hetero) is 2. The largest absolute Gasteiger partial charge is 0.345 e. The minimum Gasteiger partial charge on any atom is -0.345 e. The van der Waals surface area contributed by atoms with Gasteiger partial charge in [-0.3, -0.25) is 19.2 Å². The SMILES string of the molecule is CC#CC(=O)C(=O)C(=O)NCC(=C/CC)/C(=C\C)C(=O)NC(C)c1cccc2ccccc12. The zero-order valence-electron chi connectivity index (χ0n) is 19.3. The number of amides is 2. The summed E-state index contributed by atoms with van der Waals surface area (Å²) in [5, 5.41) is 7.59. The first-order chi connectivity index (χ1) is 15.8. The third-order valence-corrected chi connectivity index (χ3v) is 5.06. The Bertz CT molecular complexity index is 1190. The molecule has 0 aromatic heterocycles. The van der Waals surface area contributed by atoms with Crippen molar-refractivity contribution in [3.8, 4) is 11.8 Å². The number of allylic oxidation sites excluding steroid dienone is 2. The van der Waals surface area contributed by atoms with E-state index in [9.17, 15) is 19.2 Å². The molecular formula is C27H28N2O4. The molecule has 1 unspecified atom stereocenters. The Labute approximate surface area is 194 Å². The number of nitrogens with one attached hydrogen (secondary N) is 2. The molecule has 0 saturated carbocycles. The van der Waals surface area contributed by atoms with Gasteiger partial charge < -0.3 is 10.6 Å². The number of rotatable bonds is 9. The summed E-state index contributed by atoms with van der Waals surface area (Å²) in [6, 6.07) is 13.7. The van der Waals surface area contributed by atoms with Crippen LogP contribution in [0.2, 0.25) is 0 Å². The molecule has 0 heterocycles. The Morgan fingerprint density at radius 3 is 2.39 bits per heavy atom. The molecule has 0 spiro atoms. The van der Waals surface area contributed by atoms with Gasteiger partial charge in [-0.1, -0.05) is 67.5 Å². The van der Waals surface area contributed by atoms with Crippen LogP contribution < -0.4 is 10.6 Å². The van der Waals surface area contributed by atoms with Crippen LogP contribution in [0.1, 0.15) is 45.7 Å². The zero-order chi connectivity index (χ0) is 24.4. The minimum absolute atomic E-state index is 0.0685. The molecule has 0 radical (unpaired) electrons. The van der Waals surface area contributed by atoms with Crippen molar-refractivity contribution in [2.24, 2.45) is 0 Å². The monoisotopic (exact) mass is 444 g/mol. The van der Waals surface area contributed by atoms with Crippen LogP contribution in [0.3, 0.4) is 0 Å². The molecule has 6 heteroatoms. The van der Waals surface area contributed by atoms with Gasteiger partial charge in [-0.05, 0) is 55.0 Å². The smallest absolute Gasteiger partial charge is 0.298 e. The molecule has 170 valence electrons. The van der Waals surface area contributed by atoms with Crippen molar-refractivity contribution in [3.63, 3.8) is 0 Å². The van der Waals surface area contributed by atoms with Crippen LogP contribution in [-0.4, -0.2) is 29.9 Å². The molecule has 0 fully saturated rings. The predicted octanol–water partition coefficient (Wildman–Crippen LogP) is 3.58. The van der Waals surface area contributed by atoms with E-state index in [0.29, 0.717) is 17.6 Å². The maximum Gasteiger partial charge on any atom is 0.298 e. The Morgan fingerprint density at radius 1 is 1.03 bits per heavy atom. The normalized spacial score (nSPS) is 12.4. The lowest BCUT2D eigenvalue weighted by atomic mass is 9.98. The summed E-state index contributed by atoms with van der Waals surface area (Å²) in [5.74, 6) is 0.709. The number of hydrogen-bond acceptors (Lipinski definition) is 4. The maximum atomic E-state index is 13.1. The van der Waals surface area contributed by atoms with Crippen LogP contribution in [-0.2, 0) is 19.2 Å². The third kappa shape index (κ3) is 6.50. The summed E-state index contributed by atoms with van der Waals surface area (Å²) in [6.45, 7) is 6.88. The molecule has 2 N–H and O–H groups in total. The summed E-state index contributed by atoms with van der Waals surface area (Å²) in [6.07, 6.45) is 4.08. The lowest BCUT2D eigenvalue weighted by Crippen LogP contribution is -2.37. The number of hydrogen-bond donors (Lipinski definition) is 2. The second-order valence-corrected chi connectivity index (χ2v) is 7.32. The van der Waals surface area contributed by atoms with Crippen LogP contribution in [0, 0.1) is 11.8 Å². The van der Waals surface area contributed by atoms with Gasteiger partial charge in [0.2, 0.25) is 0 Å². The highest BCUT2D eigenvalue weighted by Crippen LogP contribution is 2.24. The molecule has 1 atom stereocenters. The quantitative estimate of drug-likeness (QED) is 0.154. The van der Waals surface area contributed by atoms with E-state index < -0.39 is 17.5 Å². The standard InChI is InChI=1S/C27H28N2O4/c1-5-11-20(17-28-27(33)25(31)24(30)12-6-2)21(7-3)26(32)29-18(4)22-16-10-14-19-13-8-9-15-23(19)22/h7-11,13-16,18H,5,17H2,1-4H3,(H,28,33)(H,29,32)/b20-11-,21-7+. The van der Waals surface area contributed by atoms with Crippen molar-refractivity contribution in [2.45, 2.75) is 40.2 Å². The van der Waals surface area contributed by atoms with Gasteiger partial charge >= 0.3 is 0 Å². The van der Waals surface area contributed by atoms with Gasteiger partial charge in [0.05, 0.1) is 6.04 Å². The Hall–Kier alpha value is -3.98. The van der Waals surface area contributed by atoms with Gasteiger partial charge in [0.25, 0.3) is 23.4 Å². The molecule has 2 aromatic rings. The van der Waals surface area contributed by atoms with Gasteiger partial charge in [0, 0.05) is 12.1 Å². The first-order valence-electron chi connectivity index (χ1n) is 10.8. The maximum absolute atomic E-state index is 13.1. The molecule has 0 bridgehead atoms. The van der Waals surface area contributed by atoms with Crippen LogP contribution in [0.25, 0.3) is 10.8 Å². The first-order valence-corrected chi connectivity index (χ1v) is 10.8. The van der Waals surface area contributed by atoms with E-state index in [1.807, 2.05) is 56.3 Å². The lowest BCUT2D eigenvalue weighted by molar-refractivity contribution is -0.142. The van der Waals surface area contributed by atoms with Gasteiger partial charge in [0.1, 0.15) is 0 Å². The van der Waals surface area contributed by atoms with E-state index in [1.165, 1.54) is 6.92 Å². The van der Waals surface area contributed by atoms with Crippen molar-refractivity contribution in [3.05, 3.63) is 71.3 Å². The zero-order valence-corrected chi connectivity index (χ0v) is 19.3. The average molecular weight is 445 g/mol. The number of ketones is 2. The van der Waals surface area contributed by atoms with Crippen LogP contribution in [0.5, 0.6) is 0 Å². The van der Waals surface area contributed by atoms with Crippen LogP contribution >= 0.6 is 0 Å². The Morgan fingerprint density at radius 2 is 1.73 bits per heavy atom. The third-order valence-electron chi connectivity index (χ3n) is 5.06. The van der Waals surface area contributed by atoms with Gasteiger partial charge in [-0.25, -0.2) is 0 Å².